The van der Waals surface area contributed by atoms with Crippen LogP contribution in [0.1, 0.15) is 15.9 Å². The fourth-order valence-electron chi connectivity index (χ4n) is 1.36. The Kier molecular flexibility index (Phi) is 4.96. The summed E-state index contributed by atoms with van der Waals surface area (Å²) in [5.74, 6) is -0.462. The molecule has 0 spiro atoms. The van der Waals surface area contributed by atoms with E-state index in [0.717, 1.165) is 5.56 Å². The number of carbonyl (C=O) groups excluding carboxylic acids is 2. The number of benzene rings is 1. The number of primary amides is 2. The molecule has 0 atom stereocenters. The third-order valence-electron chi connectivity index (χ3n) is 2.12. The van der Waals surface area contributed by atoms with Crippen LogP contribution in [0.4, 0.5) is 4.79 Å². The van der Waals surface area contributed by atoms with Crippen LogP contribution in [0.3, 0.4) is 0 Å². The highest BCUT2D eigenvalue weighted by molar-refractivity contribution is 5.94. The van der Waals surface area contributed by atoms with E-state index in [1.54, 1.807) is 12.1 Å². The zero-order valence-corrected chi connectivity index (χ0v) is 9.31. The van der Waals surface area contributed by atoms with E-state index in [0.29, 0.717) is 18.7 Å². The lowest BCUT2D eigenvalue weighted by atomic mass is 10.1. The standard InChI is InChI=1S/C11H15N3O3/c12-10(15)9-4-2-1-3-8(9)7-14-5-6-17-11(13)16/h1-4,14H,5-7H2,(H2,12,15)(H2,13,16). The van der Waals surface area contributed by atoms with Gasteiger partial charge in [-0.2, -0.15) is 0 Å². The molecule has 1 rings (SSSR count). The van der Waals surface area contributed by atoms with Crippen LogP contribution in [-0.4, -0.2) is 25.2 Å². The number of hydrogen-bond acceptors (Lipinski definition) is 4. The van der Waals surface area contributed by atoms with Crippen LogP contribution in [0.5, 0.6) is 0 Å². The molecule has 5 N–H and O–H groups in total. The van der Waals surface area contributed by atoms with Gasteiger partial charge >= 0.3 is 6.09 Å². The summed E-state index contributed by atoms with van der Waals surface area (Å²) in [6.07, 6.45) is -0.802. The molecule has 1 aromatic carbocycles. The van der Waals surface area contributed by atoms with E-state index in [2.05, 4.69) is 10.1 Å². The van der Waals surface area contributed by atoms with Crippen LogP contribution in [0.2, 0.25) is 0 Å². The predicted molar refractivity (Wildman–Crippen MR) is 62.2 cm³/mol. The van der Waals surface area contributed by atoms with E-state index >= 15 is 0 Å². The Morgan fingerprint density at radius 2 is 1.94 bits per heavy atom. The number of rotatable bonds is 6. The number of hydrogen-bond donors (Lipinski definition) is 3. The summed E-state index contributed by atoms with van der Waals surface area (Å²) in [4.78, 5) is 21.4. The lowest BCUT2D eigenvalue weighted by Crippen LogP contribution is -2.24. The van der Waals surface area contributed by atoms with Gasteiger partial charge in [-0.05, 0) is 11.6 Å². The van der Waals surface area contributed by atoms with Gasteiger partial charge in [0.2, 0.25) is 5.91 Å². The van der Waals surface area contributed by atoms with Gasteiger partial charge < -0.3 is 21.5 Å². The van der Waals surface area contributed by atoms with Crippen LogP contribution in [0.15, 0.2) is 24.3 Å². The SMILES string of the molecule is NC(=O)OCCNCc1ccccc1C(N)=O. The second kappa shape index (κ2) is 6.49. The van der Waals surface area contributed by atoms with Crippen molar-refractivity contribution in [2.75, 3.05) is 13.2 Å². The minimum absolute atomic E-state index is 0.189. The molecule has 0 aliphatic heterocycles. The van der Waals surface area contributed by atoms with Gasteiger partial charge in [0.25, 0.3) is 0 Å². The van der Waals surface area contributed by atoms with Gasteiger partial charge in [0.05, 0.1) is 0 Å². The highest BCUT2D eigenvalue weighted by atomic mass is 16.5. The van der Waals surface area contributed by atoms with Crippen molar-refractivity contribution in [2.24, 2.45) is 11.5 Å². The van der Waals surface area contributed by atoms with Crippen LogP contribution >= 0.6 is 0 Å². The van der Waals surface area contributed by atoms with E-state index < -0.39 is 12.0 Å². The first kappa shape index (κ1) is 13.0. The van der Waals surface area contributed by atoms with Crippen molar-refractivity contribution >= 4 is 12.0 Å². The molecule has 17 heavy (non-hydrogen) atoms. The molecule has 0 aliphatic rings. The third kappa shape index (κ3) is 4.52. The van der Waals surface area contributed by atoms with Gasteiger partial charge in [-0.3, -0.25) is 4.79 Å². The molecule has 1 aromatic rings. The van der Waals surface area contributed by atoms with Gasteiger partial charge in [0.15, 0.2) is 0 Å². The van der Waals surface area contributed by atoms with Crippen molar-refractivity contribution in [1.82, 2.24) is 5.32 Å². The Hall–Kier alpha value is -2.08. The summed E-state index contributed by atoms with van der Waals surface area (Å²) in [6.45, 7) is 1.12. The molecule has 0 saturated heterocycles. The molecule has 0 unspecified atom stereocenters. The number of ether oxygens (including phenoxy) is 1. The number of nitrogens with one attached hydrogen (secondary N) is 1. The van der Waals surface area contributed by atoms with E-state index in [-0.39, 0.29) is 6.61 Å². The smallest absolute Gasteiger partial charge is 0.404 e. The van der Waals surface area contributed by atoms with Crippen LogP contribution in [-0.2, 0) is 11.3 Å². The number of nitrogens with two attached hydrogens (primary N) is 2. The van der Waals surface area contributed by atoms with Gasteiger partial charge in [0.1, 0.15) is 6.61 Å². The second-order valence-electron chi connectivity index (χ2n) is 3.37. The molecular formula is C11H15N3O3. The predicted octanol–water partition coefficient (Wildman–Crippen LogP) is -0.0296. The summed E-state index contributed by atoms with van der Waals surface area (Å²) in [6, 6.07) is 7.05. The van der Waals surface area contributed by atoms with Gasteiger partial charge in [-0.25, -0.2) is 4.79 Å². The summed E-state index contributed by atoms with van der Waals surface area (Å²) < 4.78 is 4.54. The molecule has 0 saturated carbocycles. The topological polar surface area (TPSA) is 107 Å². The molecule has 6 heteroatoms. The number of carbonyl (C=O) groups is 2. The summed E-state index contributed by atoms with van der Waals surface area (Å²) in [7, 11) is 0. The normalized spacial score (nSPS) is 9.88. The average molecular weight is 237 g/mol. The van der Waals surface area contributed by atoms with Crippen molar-refractivity contribution in [3.8, 4) is 0 Å². The third-order valence-corrected chi connectivity index (χ3v) is 2.12. The van der Waals surface area contributed by atoms with Crippen molar-refractivity contribution < 1.29 is 14.3 Å². The van der Waals surface area contributed by atoms with E-state index in [1.807, 2.05) is 12.1 Å². The molecule has 0 heterocycles. The van der Waals surface area contributed by atoms with Crippen LogP contribution < -0.4 is 16.8 Å². The molecule has 0 aromatic heterocycles. The zero-order chi connectivity index (χ0) is 12.7. The Labute approximate surface area is 98.9 Å². The lowest BCUT2D eigenvalue weighted by molar-refractivity contribution is 0.0999. The van der Waals surface area contributed by atoms with E-state index in [1.165, 1.54) is 0 Å². The number of amides is 2. The molecule has 6 nitrogen and oxygen atoms in total. The van der Waals surface area contributed by atoms with Crippen molar-refractivity contribution in [1.29, 1.82) is 0 Å². The molecule has 92 valence electrons. The van der Waals surface area contributed by atoms with Gasteiger partial charge in [0, 0.05) is 18.7 Å². The minimum Gasteiger partial charge on any atom is -0.448 e. The highest BCUT2D eigenvalue weighted by Gasteiger charge is 2.06. The molecule has 2 amide bonds. The monoisotopic (exact) mass is 237 g/mol. The quantitative estimate of drug-likeness (QED) is 0.604. The first-order valence-corrected chi connectivity index (χ1v) is 5.12. The molecule has 0 radical (unpaired) electrons. The Bertz CT molecular complexity index is 407. The second-order valence-corrected chi connectivity index (χ2v) is 3.37. The summed E-state index contributed by atoms with van der Waals surface area (Å²) in [5, 5.41) is 3.01. The maximum Gasteiger partial charge on any atom is 0.404 e. The van der Waals surface area contributed by atoms with Gasteiger partial charge in [-0.1, -0.05) is 18.2 Å². The molecule has 0 fully saturated rings. The Morgan fingerprint density at radius 1 is 1.24 bits per heavy atom. The van der Waals surface area contributed by atoms with E-state index in [9.17, 15) is 9.59 Å². The van der Waals surface area contributed by atoms with E-state index in [4.69, 9.17) is 11.5 Å². The van der Waals surface area contributed by atoms with Crippen molar-refractivity contribution in [3.63, 3.8) is 0 Å². The zero-order valence-electron chi connectivity index (χ0n) is 9.31. The average Bonchev–Trinajstić information content (AvgIpc) is 2.28. The Morgan fingerprint density at radius 3 is 2.59 bits per heavy atom. The van der Waals surface area contributed by atoms with Gasteiger partial charge in [-0.15, -0.1) is 0 Å². The van der Waals surface area contributed by atoms with Crippen LogP contribution in [0, 0.1) is 0 Å². The van der Waals surface area contributed by atoms with Crippen molar-refractivity contribution in [3.05, 3.63) is 35.4 Å². The fourth-order valence-corrected chi connectivity index (χ4v) is 1.36. The maximum atomic E-state index is 11.1. The molecule has 0 aliphatic carbocycles. The Balaban J connectivity index is 2.41. The molecular weight excluding hydrogens is 222 g/mol. The fraction of sp³-hybridized carbons (Fsp3) is 0.273. The first-order chi connectivity index (χ1) is 8.11. The molecule has 0 bridgehead atoms. The first-order valence-electron chi connectivity index (χ1n) is 5.12. The lowest BCUT2D eigenvalue weighted by Gasteiger charge is -2.08. The highest BCUT2D eigenvalue weighted by Crippen LogP contribution is 2.07. The largest absolute Gasteiger partial charge is 0.448 e. The minimum atomic E-state index is -0.802. The maximum absolute atomic E-state index is 11.1. The summed E-state index contributed by atoms with van der Waals surface area (Å²) >= 11 is 0. The summed E-state index contributed by atoms with van der Waals surface area (Å²) in [5.41, 5.74) is 11.3. The van der Waals surface area contributed by atoms with Crippen molar-refractivity contribution in [2.45, 2.75) is 6.54 Å². The van der Waals surface area contributed by atoms with Crippen LogP contribution in [0.25, 0.3) is 0 Å².